The van der Waals surface area contributed by atoms with E-state index in [2.05, 4.69) is 16.5 Å². The van der Waals surface area contributed by atoms with Crippen molar-refractivity contribution in [3.05, 3.63) is 53.1 Å². The molecule has 192 valence electrons. The van der Waals surface area contributed by atoms with Gasteiger partial charge in [-0.3, -0.25) is 4.72 Å². The van der Waals surface area contributed by atoms with E-state index in [1.165, 1.54) is 12.1 Å². The van der Waals surface area contributed by atoms with Crippen LogP contribution in [0.3, 0.4) is 0 Å². The number of carboxylic acids is 2. The summed E-state index contributed by atoms with van der Waals surface area (Å²) in [5.41, 5.74) is 2.55. The van der Waals surface area contributed by atoms with Crippen molar-refractivity contribution >= 4 is 33.3 Å². The Morgan fingerprint density at radius 2 is 1.60 bits per heavy atom. The number of aromatic carboxylic acids is 1. The van der Waals surface area contributed by atoms with Crippen LogP contribution in [0.4, 0.5) is 24.5 Å². The monoisotopic (exact) mass is 516 g/mol. The van der Waals surface area contributed by atoms with Crippen molar-refractivity contribution in [2.45, 2.75) is 44.7 Å². The van der Waals surface area contributed by atoms with E-state index in [9.17, 15) is 31.5 Å². The number of hydrogen-bond acceptors (Lipinski definition) is 5. The molecular formula is C23H27F3N2O6S. The van der Waals surface area contributed by atoms with Gasteiger partial charge in [0.15, 0.2) is 0 Å². The Morgan fingerprint density at radius 1 is 1.03 bits per heavy atom. The molecule has 0 atom stereocenters. The fraction of sp³-hybridized carbons (Fsp3) is 0.391. The zero-order valence-corrected chi connectivity index (χ0v) is 20.2. The van der Waals surface area contributed by atoms with Crippen LogP contribution < -0.4 is 9.62 Å². The zero-order valence-electron chi connectivity index (χ0n) is 19.4. The first-order valence-electron chi connectivity index (χ1n) is 10.6. The highest BCUT2D eigenvalue weighted by Crippen LogP contribution is 2.33. The SMILES string of the molecule is Cc1ccc(C)c(S(=O)(=O)Nc2cc(C(=O)O)ccc2N2CCC(C)CC2)c1.O=C(O)C(F)(F)F. The lowest BCUT2D eigenvalue weighted by Gasteiger charge is -2.33. The third-order valence-electron chi connectivity index (χ3n) is 5.49. The van der Waals surface area contributed by atoms with Gasteiger partial charge in [0.1, 0.15) is 0 Å². The van der Waals surface area contributed by atoms with Crippen molar-refractivity contribution in [1.29, 1.82) is 0 Å². The summed E-state index contributed by atoms with van der Waals surface area (Å²) in [6.07, 6.45) is -3.05. The summed E-state index contributed by atoms with van der Waals surface area (Å²) in [5, 5.41) is 16.5. The average molecular weight is 517 g/mol. The Morgan fingerprint density at radius 3 is 2.11 bits per heavy atom. The molecule has 0 radical (unpaired) electrons. The molecule has 1 heterocycles. The maximum atomic E-state index is 13.1. The number of carbonyl (C=O) groups is 2. The molecule has 3 rings (SSSR count). The van der Waals surface area contributed by atoms with Crippen LogP contribution in [0.5, 0.6) is 0 Å². The normalized spacial score (nSPS) is 14.6. The fourth-order valence-electron chi connectivity index (χ4n) is 3.47. The van der Waals surface area contributed by atoms with Crippen LogP contribution in [0.15, 0.2) is 41.3 Å². The van der Waals surface area contributed by atoms with Gasteiger partial charge in [-0.15, -0.1) is 0 Å². The molecule has 1 fully saturated rings. The quantitative estimate of drug-likeness (QED) is 0.528. The molecule has 12 heteroatoms. The van der Waals surface area contributed by atoms with E-state index in [-0.39, 0.29) is 10.5 Å². The van der Waals surface area contributed by atoms with E-state index >= 15 is 0 Å². The van der Waals surface area contributed by atoms with Gasteiger partial charge in [0.25, 0.3) is 10.0 Å². The lowest BCUT2D eigenvalue weighted by molar-refractivity contribution is -0.192. The summed E-state index contributed by atoms with van der Waals surface area (Å²) >= 11 is 0. The molecular weight excluding hydrogens is 489 g/mol. The number of hydrogen-bond donors (Lipinski definition) is 3. The smallest absolute Gasteiger partial charge is 0.478 e. The number of aliphatic carboxylic acids is 1. The number of benzene rings is 2. The van der Waals surface area contributed by atoms with Crippen molar-refractivity contribution in [1.82, 2.24) is 0 Å². The van der Waals surface area contributed by atoms with Crippen molar-refractivity contribution in [2.75, 3.05) is 22.7 Å². The lowest BCUT2D eigenvalue weighted by Crippen LogP contribution is -2.33. The molecule has 2 aromatic rings. The van der Waals surface area contributed by atoms with Crippen molar-refractivity contribution in [3.8, 4) is 0 Å². The molecule has 35 heavy (non-hydrogen) atoms. The Kier molecular flexibility index (Phi) is 8.77. The van der Waals surface area contributed by atoms with Crippen LogP contribution in [-0.2, 0) is 14.8 Å². The van der Waals surface area contributed by atoms with Gasteiger partial charge in [0.05, 0.1) is 21.8 Å². The summed E-state index contributed by atoms with van der Waals surface area (Å²) < 4.78 is 60.5. The first kappa shape index (κ1) is 28.0. The number of aryl methyl sites for hydroxylation is 2. The Labute approximate surface area is 201 Å². The van der Waals surface area contributed by atoms with Gasteiger partial charge in [-0.1, -0.05) is 19.1 Å². The first-order chi connectivity index (χ1) is 16.1. The molecule has 3 N–H and O–H groups in total. The molecule has 1 saturated heterocycles. The number of anilines is 2. The van der Waals surface area contributed by atoms with Crippen LogP contribution >= 0.6 is 0 Å². The predicted octanol–water partition coefficient (Wildman–Crippen LogP) is 4.67. The minimum absolute atomic E-state index is 0.0489. The fourth-order valence-corrected chi connectivity index (χ4v) is 4.87. The summed E-state index contributed by atoms with van der Waals surface area (Å²) in [4.78, 5) is 22.6. The van der Waals surface area contributed by atoms with E-state index < -0.39 is 28.1 Å². The highest BCUT2D eigenvalue weighted by molar-refractivity contribution is 7.92. The molecule has 2 aromatic carbocycles. The number of halogens is 3. The number of rotatable bonds is 5. The standard InChI is InChI=1S/C21H26N2O4S.C2HF3O2/c1-14-8-10-23(11-9-14)19-7-6-17(21(24)25)13-18(19)22-28(26,27)20-12-15(2)4-5-16(20)3;3-2(4,5)1(6)7/h4-7,12-14,22H,8-11H2,1-3H3,(H,24,25);(H,6,7). The van der Waals surface area contributed by atoms with Crippen molar-refractivity contribution in [3.63, 3.8) is 0 Å². The van der Waals surface area contributed by atoms with Crippen LogP contribution in [0.1, 0.15) is 41.3 Å². The van der Waals surface area contributed by atoms with Gasteiger partial charge in [-0.25, -0.2) is 18.0 Å². The van der Waals surface area contributed by atoms with Gasteiger partial charge in [0, 0.05) is 13.1 Å². The first-order valence-corrected chi connectivity index (χ1v) is 12.1. The molecule has 1 aliphatic heterocycles. The summed E-state index contributed by atoms with van der Waals surface area (Å²) in [5.74, 6) is -3.22. The molecule has 0 aliphatic carbocycles. The van der Waals surface area contributed by atoms with Crippen LogP contribution in [-0.4, -0.2) is 49.8 Å². The molecule has 0 amide bonds. The minimum atomic E-state index is -5.08. The predicted molar refractivity (Wildman–Crippen MR) is 124 cm³/mol. The van der Waals surface area contributed by atoms with Gasteiger partial charge < -0.3 is 15.1 Å². The summed E-state index contributed by atoms with van der Waals surface area (Å²) in [6, 6.07) is 9.87. The Balaban J connectivity index is 0.000000540. The number of nitrogens with zero attached hydrogens (tertiary/aromatic N) is 1. The van der Waals surface area contributed by atoms with E-state index in [1.54, 1.807) is 25.1 Å². The summed E-state index contributed by atoms with van der Waals surface area (Å²) in [6.45, 7) is 7.41. The number of piperidine rings is 1. The lowest BCUT2D eigenvalue weighted by atomic mass is 9.98. The second-order valence-corrected chi connectivity index (χ2v) is 10.0. The molecule has 1 aliphatic rings. The van der Waals surface area contributed by atoms with E-state index in [1.807, 2.05) is 13.0 Å². The maximum Gasteiger partial charge on any atom is 0.490 e. The van der Waals surface area contributed by atoms with Crippen LogP contribution in [0.25, 0.3) is 0 Å². The molecule has 0 unspecified atom stereocenters. The highest BCUT2D eigenvalue weighted by atomic mass is 32.2. The van der Waals surface area contributed by atoms with Gasteiger partial charge in [0.2, 0.25) is 0 Å². The van der Waals surface area contributed by atoms with Crippen LogP contribution in [0.2, 0.25) is 0 Å². The topological polar surface area (TPSA) is 124 Å². The molecule has 8 nitrogen and oxygen atoms in total. The van der Waals surface area contributed by atoms with Crippen LogP contribution in [0, 0.1) is 19.8 Å². The number of alkyl halides is 3. The summed E-state index contributed by atoms with van der Waals surface area (Å²) in [7, 11) is -3.85. The van der Waals surface area contributed by atoms with Gasteiger partial charge in [-0.2, -0.15) is 13.2 Å². The van der Waals surface area contributed by atoms with Crippen molar-refractivity contribution < 1.29 is 41.4 Å². The number of sulfonamides is 1. The Hall–Kier alpha value is -3.28. The van der Waals surface area contributed by atoms with Crippen molar-refractivity contribution in [2.24, 2.45) is 5.92 Å². The second kappa shape index (κ2) is 11.0. The largest absolute Gasteiger partial charge is 0.490 e. The van der Waals surface area contributed by atoms with Gasteiger partial charge in [-0.05, 0) is 68.0 Å². The molecule has 0 spiro atoms. The zero-order chi connectivity index (χ0) is 26.6. The number of nitrogens with one attached hydrogen (secondary N) is 1. The third-order valence-corrected chi connectivity index (χ3v) is 7.00. The number of carboxylic acid groups (broad SMARTS) is 2. The highest BCUT2D eigenvalue weighted by Gasteiger charge is 2.38. The van der Waals surface area contributed by atoms with E-state index in [0.29, 0.717) is 22.9 Å². The minimum Gasteiger partial charge on any atom is -0.478 e. The average Bonchev–Trinajstić information content (AvgIpc) is 2.75. The third kappa shape index (κ3) is 7.61. The second-order valence-electron chi connectivity index (χ2n) is 8.38. The Bertz CT molecular complexity index is 1190. The van der Waals surface area contributed by atoms with E-state index in [0.717, 1.165) is 31.5 Å². The molecule has 0 bridgehead atoms. The molecule has 0 saturated carbocycles. The molecule has 0 aromatic heterocycles. The van der Waals surface area contributed by atoms with E-state index in [4.69, 9.17) is 9.90 Å². The maximum absolute atomic E-state index is 13.1. The van der Waals surface area contributed by atoms with Gasteiger partial charge >= 0.3 is 18.1 Å².